The van der Waals surface area contributed by atoms with Gasteiger partial charge >= 0.3 is 5.97 Å². The fourth-order valence-corrected chi connectivity index (χ4v) is 4.29. The van der Waals surface area contributed by atoms with E-state index in [2.05, 4.69) is 5.32 Å². The molecular formula is C14H22N2O3. The van der Waals surface area contributed by atoms with E-state index < -0.39 is 17.3 Å². The zero-order chi connectivity index (χ0) is 13.6. The maximum absolute atomic E-state index is 12.4. The van der Waals surface area contributed by atoms with Crippen LogP contribution in [0.3, 0.4) is 0 Å². The second-order valence-corrected chi connectivity index (χ2v) is 6.53. The Balaban J connectivity index is 1.72. The van der Waals surface area contributed by atoms with Crippen LogP contribution in [-0.4, -0.2) is 29.6 Å². The SMILES string of the molecule is NCC1(C(=O)NC2C3CCC(C3)C2C(=O)O)CCC1. The molecule has 3 saturated carbocycles. The van der Waals surface area contributed by atoms with E-state index in [1.165, 1.54) is 0 Å². The summed E-state index contributed by atoms with van der Waals surface area (Å²) in [6, 6.07) is -0.173. The van der Waals surface area contributed by atoms with Gasteiger partial charge in [0.25, 0.3) is 0 Å². The number of rotatable bonds is 4. The molecule has 0 aromatic rings. The molecule has 0 radical (unpaired) electrons. The Hall–Kier alpha value is -1.10. The van der Waals surface area contributed by atoms with Gasteiger partial charge in [-0.05, 0) is 43.9 Å². The minimum Gasteiger partial charge on any atom is -0.481 e. The molecule has 0 heterocycles. The average molecular weight is 266 g/mol. The molecule has 0 spiro atoms. The van der Waals surface area contributed by atoms with Crippen LogP contribution in [0, 0.1) is 23.2 Å². The molecule has 3 aliphatic rings. The van der Waals surface area contributed by atoms with Crippen LogP contribution in [0.5, 0.6) is 0 Å². The Kier molecular flexibility index (Phi) is 3.04. The third kappa shape index (κ3) is 1.86. The Morgan fingerprint density at radius 1 is 1.26 bits per heavy atom. The minimum absolute atomic E-state index is 0.00921. The lowest BCUT2D eigenvalue weighted by atomic mass is 9.67. The van der Waals surface area contributed by atoms with Gasteiger partial charge < -0.3 is 16.2 Å². The molecule has 4 atom stereocenters. The third-order valence-electron chi connectivity index (χ3n) is 5.68. The van der Waals surface area contributed by atoms with Gasteiger partial charge in [-0.3, -0.25) is 9.59 Å². The number of nitrogens with two attached hydrogens (primary N) is 1. The number of carboxylic acid groups (broad SMARTS) is 1. The highest BCUT2D eigenvalue weighted by molar-refractivity contribution is 5.85. The molecule has 106 valence electrons. The second kappa shape index (κ2) is 4.47. The summed E-state index contributed by atoms with van der Waals surface area (Å²) in [5.41, 5.74) is 5.33. The van der Waals surface area contributed by atoms with Crippen molar-refractivity contribution in [1.29, 1.82) is 0 Å². The Bertz CT molecular complexity index is 400. The van der Waals surface area contributed by atoms with Crippen molar-refractivity contribution in [2.45, 2.75) is 44.6 Å². The molecule has 5 nitrogen and oxygen atoms in total. The van der Waals surface area contributed by atoms with Crippen molar-refractivity contribution in [3.63, 3.8) is 0 Å². The summed E-state index contributed by atoms with van der Waals surface area (Å²) in [6.45, 7) is 0.372. The highest BCUT2D eigenvalue weighted by Gasteiger charge is 2.53. The van der Waals surface area contributed by atoms with Gasteiger partial charge in [0.15, 0.2) is 0 Å². The standard InChI is InChI=1S/C14H22N2O3/c15-7-14(4-1-5-14)13(19)16-11-9-3-2-8(6-9)10(11)12(17)18/h8-11H,1-7,15H2,(H,16,19)(H,17,18). The van der Waals surface area contributed by atoms with Crippen LogP contribution in [0.4, 0.5) is 0 Å². The lowest BCUT2D eigenvalue weighted by Crippen LogP contribution is -2.56. The van der Waals surface area contributed by atoms with Crippen molar-refractivity contribution in [2.75, 3.05) is 6.54 Å². The summed E-state index contributed by atoms with van der Waals surface area (Å²) in [5.74, 6) is -0.552. The first-order valence-electron chi connectivity index (χ1n) is 7.31. The van der Waals surface area contributed by atoms with Crippen molar-refractivity contribution in [3.8, 4) is 0 Å². The van der Waals surface area contributed by atoms with Gasteiger partial charge in [-0.2, -0.15) is 0 Å². The molecule has 0 aromatic heterocycles. The first kappa shape index (κ1) is 12.9. The summed E-state index contributed by atoms with van der Waals surface area (Å²) in [7, 11) is 0. The highest BCUT2D eigenvalue weighted by atomic mass is 16.4. The van der Waals surface area contributed by atoms with E-state index in [4.69, 9.17) is 5.73 Å². The minimum atomic E-state index is -0.757. The largest absolute Gasteiger partial charge is 0.481 e. The van der Waals surface area contributed by atoms with Gasteiger partial charge in [0, 0.05) is 12.6 Å². The van der Waals surface area contributed by atoms with E-state index in [9.17, 15) is 14.7 Å². The van der Waals surface area contributed by atoms with Gasteiger partial charge in [0.2, 0.25) is 5.91 Å². The van der Waals surface area contributed by atoms with E-state index in [1.54, 1.807) is 0 Å². The van der Waals surface area contributed by atoms with E-state index in [1.807, 2.05) is 0 Å². The van der Waals surface area contributed by atoms with Crippen LogP contribution in [0.15, 0.2) is 0 Å². The van der Waals surface area contributed by atoms with E-state index >= 15 is 0 Å². The van der Waals surface area contributed by atoms with E-state index in [-0.39, 0.29) is 17.9 Å². The zero-order valence-electron chi connectivity index (χ0n) is 11.1. The van der Waals surface area contributed by atoms with Crippen LogP contribution in [0.25, 0.3) is 0 Å². The molecule has 0 saturated heterocycles. The number of hydrogen-bond acceptors (Lipinski definition) is 3. The fraction of sp³-hybridized carbons (Fsp3) is 0.857. The molecule has 3 rings (SSSR count). The van der Waals surface area contributed by atoms with Crippen molar-refractivity contribution < 1.29 is 14.7 Å². The molecule has 4 unspecified atom stereocenters. The summed E-state index contributed by atoms with van der Waals surface area (Å²) in [4.78, 5) is 23.8. The second-order valence-electron chi connectivity index (χ2n) is 6.53. The van der Waals surface area contributed by atoms with Gasteiger partial charge in [0.05, 0.1) is 11.3 Å². The maximum Gasteiger partial charge on any atom is 0.308 e. The Morgan fingerprint density at radius 2 is 1.95 bits per heavy atom. The predicted molar refractivity (Wildman–Crippen MR) is 69.2 cm³/mol. The van der Waals surface area contributed by atoms with Gasteiger partial charge in [-0.25, -0.2) is 0 Å². The van der Waals surface area contributed by atoms with Crippen LogP contribution < -0.4 is 11.1 Å². The van der Waals surface area contributed by atoms with Crippen LogP contribution >= 0.6 is 0 Å². The number of hydrogen-bond donors (Lipinski definition) is 3. The average Bonchev–Trinajstić information content (AvgIpc) is 2.88. The fourth-order valence-electron chi connectivity index (χ4n) is 4.29. The lowest BCUT2D eigenvalue weighted by Gasteiger charge is -2.41. The van der Waals surface area contributed by atoms with Crippen LogP contribution in [0.2, 0.25) is 0 Å². The summed E-state index contributed by atoms with van der Waals surface area (Å²) in [5, 5.41) is 12.4. The number of carbonyl (C=O) groups is 2. The maximum atomic E-state index is 12.4. The van der Waals surface area contributed by atoms with Crippen LogP contribution in [-0.2, 0) is 9.59 Å². The highest BCUT2D eigenvalue weighted by Crippen LogP contribution is 2.49. The molecule has 3 aliphatic carbocycles. The first-order chi connectivity index (χ1) is 9.07. The number of amides is 1. The molecule has 4 N–H and O–H groups in total. The molecular weight excluding hydrogens is 244 g/mol. The van der Waals surface area contributed by atoms with Crippen molar-refractivity contribution >= 4 is 11.9 Å². The predicted octanol–water partition coefficient (Wildman–Crippen LogP) is 0.731. The summed E-state index contributed by atoms with van der Waals surface area (Å²) < 4.78 is 0. The third-order valence-corrected chi connectivity index (χ3v) is 5.68. The van der Waals surface area contributed by atoms with Crippen molar-refractivity contribution in [1.82, 2.24) is 5.32 Å². The smallest absolute Gasteiger partial charge is 0.308 e. The Morgan fingerprint density at radius 3 is 2.47 bits per heavy atom. The van der Waals surface area contributed by atoms with Crippen molar-refractivity contribution in [2.24, 2.45) is 28.9 Å². The first-order valence-corrected chi connectivity index (χ1v) is 7.31. The number of carboxylic acids is 1. The molecule has 5 heteroatoms. The number of fused-ring (bicyclic) bond motifs is 2. The molecule has 0 aromatic carbocycles. The number of carbonyl (C=O) groups excluding carboxylic acids is 1. The molecule has 2 bridgehead atoms. The molecule has 19 heavy (non-hydrogen) atoms. The summed E-state index contributed by atoms with van der Waals surface area (Å²) in [6.07, 6.45) is 5.73. The molecule has 0 aliphatic heterocycles. The summed E-state index contributed by atoms with van der Waals surface area (Å²) >= 11 is 0. The quantitative estimate of drug-likeness (QED) is 0.699. The van der Waals surface area contributed by atoms with Gasteiger partial charge in [-0.15, -0.1) is 0 Å². The normalized spacial score (nSPS) is 38.8. The molecule has 1 amide bonds. The van der Waals surface area contributed by atoms with Gasteiger partial charge in [0.1, 0.15) is 0 Å². The monoisotopic (exact) mass is 266 g/mol. The Labute approximate surface area is 112 Å². The number of aliphatic carboxylic acids is 1. The topological polar surface area (TPSA) is 92.4 Å². The zero-order valence-corrected chi connectivity index (χ0v) is 11.1. The molecule has 3 fully saturated rings. The lowest BCUT2D eigenvalue weighted by molar-refractivity contribution is -0.145. The van der Waals surface area contributed by atoms with Crippen LogP contribution in [0.1, 0.15) is 38.5 Å². The van der Waals surface area contributed by atoms with E-state index in [0.29, 0.717) is 12.5 Å². The van der Waals surface area contributed by atoms with Crippen molar-refractivity contribution in [3.05, 3.63) is 0 Å². The number of nitrogens with one attached hydrogen (secondary N) is 1. The van der Waals surface area contributed by atoms with Gasteiger partial charge in [-0.1, -0.05) is 6.42 Å². The van der Waals surface area contributed by atoms with E-state index in [0.717, 1.165) is 38.5 Å².